The van der Waals surface area contributed by atoms with Gasteiger partial charge in [-0.25, -0.2) is 4.79 Å². The minimum atomic E-state index is -1.51. The van der Waals surface area contributed by atoms with Gasteiger partial charge in [0.05, 0.1) is 5.92 Å². The molecule has 188 valence electrons. The zero-order valence-corrected chi connectivity index (χ0v) is 20.1. The summed E-state index contributed by atoms with van der Waals surface area (Å²) >= 11 is 1.59. The van der Waals surface area contributed by atoms with Crippen molar-refractivity contribution in [2.75, 3.05) is 6.61 Å². The number of ether oxygens (including phenoxy) is 2. The van der Waals surface area contributed by atoms with Crippen LogP contribution in [0.5, 0.6) is 0 Å². The van der Waals surface area contributed by atoms with E-state index in [1.807, 2.05) is 48.5 Å². The number of benzene rings is 2. The highest BCUT2D eigenvalue weighted by molar-refractivity contribution is 7.99. The predicted octanol–water partition coefficient (Wildman–Crippen LogP) is 0.931. The van der Waals surface area contributed by atoms with Gasteiger partial charge in [-0.3, -0.25) is 19.1 Å². The minimum Gasteiger partial charge on any atom is -0.387 e. The molecule has 1 saturated heterocycles. The van der Waals surface area contributed by atoms with E-state index >= 15 is 0 Å². The number of nitrogens with zero attached hydrogens (tertiary/aromatic N) is 1. The first kappa shape index (κ1) is 24.5. The molecule has 0 spiro atoms. The zero-order chi connectivity index (χ0) is 25.4. The van der Waals surface area contributed by atoms with Gasteiger partial charge in [0.25, 0.3) is 5.56 Å². The van der Waals surface area contributed by atoms with Crippen LogP contribution in [0.3, 0.4) is 0 Å². The Morgan fingerprint density at radius 1 is 1.08 bits per heavy atom. The molecule has 1 fully saturated rings. The molecule has 0 aliphatic carbocycles. The van der Waals surface area contributed by atoms with Crippen molar-refractivity contribution in [3.8, 4) is 0 Å². The molecule has 0 radical (unpaired) electrons. The summed E-state index contributed by atoms with van der Waals surface area (Å²) in [5, 5.41) is 24.3. The van der Waals surface area contributed by atoms with E-state index in [4.69, 9.17) is 9.47 Å². The number of nitrogens with one attached hydrogen (secondary N) is 2. The summed E-state index contributed by atoms with van der Waals surface area (Å²) in [7, 11) is 0. The predicted molar refractivity (Wildman–Crippen MR) is 130 cm³/mol. The van der Waals surface area contributed by atoms with Crippen LogP contribution in [0, 0.1) is 0 Å². The first-order chi connectivity index (χ1) is 17.4. The number of hydrogen-bond donors (Lipinski definition) is 4. The molecule has 11 heteroatoms. The van der Waals surface area contributed by atoms with E-state index in [-0.39, 0.29) is 12.5 Å². The molecular weight excluding hydrogens is 486 g/mol. The molecule has 1 aromatic heterocycles. The van der Waals surface area contributed by atoms with E-state index < -0.39 is 47.9 Å². The summed E-state index contributed by atoms with van der Waals surface area (Å²) in [5.74, 6) is -0.980. The van der Waals surface area contributed by atoms with Gasteiger partial charge in [-0.2, -0.15) is 0 Å². The van der Waals surface area contributed by atoms with Crippen molar-refractivity contribution in [3.63, 3.8) is 0 Å². The molecule has 3 aromatic rings. The molecule has 2 aliphatic rings. The van der Waals surface area contributed by atoms with E-state index in [1.54, 1.807) is 18.7 Å². The number of carbonyl (C=O) groups excluding carboxylic acids is 1. The van der Waals surface area contributed by atoms with Crippen molar-refractivity contribution in [1.82, 2.24) is 14.9 Å². The van der Waals surface area contributed by atoms with E-state index in [0.717, 1.165) is 31.6 Å². The molecule has 2 aromatic carbocycles. The Morgan fingerprint density at radius 2 is 1.72 bits per heavy atom. The number of fused-ring (bicyclic) bond motifs is 2. The zero-order valence-electron chi connectivity index (χ0n) is 19.2. The maximum Gasteiger partial charge on any atom is 0.330 e. The van der Waals surface area contributed by atoms with Crippen LogP contribution in [0.1, 0.15) is 30.2 Å². The molecule has 5 rings (SSSR count). The van der Waals surface area contributed by atoms with E-state index in [9.17, 15) is 24.6 Å². The van der Waals surface area contributed by atoms with Gasteiger partial charge in [-0.1, -0.05) is 48.2 Å². The summed E-state index contributed by atoms with van der Waals surface area (Å²) in [5.41, 5.74) is 0.287. The lowest BCUT2D eigenvalue weighted by Crippen LogP contribution is -2.51. The van der Waals surface area contributed by atoms with E-state index in [2.05, 4.69) is 10.3 Å². The van der Waals surface area contributed by atoms with Gasteiger partial charge in [0.1, 0.15) is 18.3 Å². The van der Waals surface area contributed by atoms with Gasteiger partial charge < -0.3 is 25.0 Å². The quantitative estimate of drug-likeness (QED) is 0.358. The first-order valence-corrected chi connectivity index (χ1v) is 12.3. The number of rotatable bonds is 6. The fraction of sp³-hybridized carbons (Fsp3) is 0.320. The molecule has 0 saturated carbocycles. The number of H-pyrrole nitrogens is 1. The molecule has 5 atom stereocenters. The number of aromatic nitrogens is 2. The Kier molecular flexibility index (Phi) is 6.82. The average molecular weight is 512 g/mol. The Bertz CT molecular complexity index is 1340. The molecule has 4 N–H and O–H groups in total. The molecule has 0 bridgehead atoms. The smallest absolute Gasteiger partial charge is 0.330 e. The molecule has 1 amide bonds. The molecule has 3 heterocycles. The van der Waals surface area contributed by atoms with Crippen LogP contribution in [0.4, 0.5) is 0 Å². The second-order valence-electron chi connectivity index (χ2n) is 8.49. The Hall–Kier alpha value is -3.22. The molecule has 2 aliphatic heterocycles. The van der Waals surface area contributed by atoms with Crippen LogP contribution >= 0.6 is 11.8 Å². The largest absolute Gasteiger partial charge is 0.387 e. The summed E-state index contributed by atoms with van der Waals surface area (Å²) in [6, 6.07) is 16.4. The number of aromatic amines is 1. The van der Waals surface area contributed by atoms with Crippen LogP contribution in [0.25, 0.3) is 0 Å². The number of aliphatic hydroxyl groups is 2. The van der Waals surface area contributed by atoms with Gasteiger partial charge in [0, 0.05) is 28.7 Å². The Labute approximate surface area is 209 Å². The Balaban J connectivity index is 1.43. The van der Waals surface area contributed by atoms with Crippen LogP contribution in [0.15, 0.2) is 80.2 Å². The van der Waals surface area contributed by atoms with Crippen molar-refractivity contribution in [2.45, 2.75) is 53.4 Å². The topological polar surface area (TPSA) is 143 Å². The lowest BCUT2D eigenvalue weighted by Gasteiger charge is -2.31. The van der Waals surface area contributed by atoms with Gasteiger partial charge in [-0.15, -0.1) is 0 Å². The van der Waals surface area contributed by atoms with Crippen molar-refractivity contribution >= 4 is 17.7 Å². The maximum atomic E-state index is 13.7. The third-order valence-corrected chi connectivity index (χ3v) is 7.46. The van der Waals surface area contributed by atoms with Crippen molar-refractivity contribution in [1.29, 1.82) is 0 Å². The van der Waals surface area contributed by atoms with E-state index in [0.29, 0.717) is 0 Å². The van der Waals surface area contributed by atoms with E-state index in [1.165, 1.54) is 6.20 Å². The van der Waals surface area contributed by atoms with Gasteiger partial charge >= 0.3 is 5.69 Å². The Morgan fingerprint density at radius 3 is 2.33 bits per heavy atom. The molecule has 10 nitrogen and oxygen atoms in total. The standard InChI is InChI=1S/C25H25N3O7S/c1-2-34-23(21-19(30)20(31)24(35-21)28-12-11-17(29)26-25(28)33)27-22(32)18-13-7-3-5-9-15(13)36-16-10-6-4-8-14(16)18/h3-12,18-21,23-24,30-31H,2H2,1H3,(H,27,32)(H,26,29,33)/t19-,20+,21-,23?,24+/m0/s1. The summed E-state index contributed by atoms with van der Waals surface area (Å²) < 4.78 is 12.5. The number of hydrogen-bond acceptors (Lipinski definition) is 8. The lowest BCUT2D eigenvalue weighted by molar-refractivity contribution is -0.141. The molecule has 36 heavy (non-hydrogen) atoms. The molecule has 1 unspecified atom stereocenters. The van der Waals surface area contributed by atoms with Crippen LogP contribution < -0.4 is 16.6 Å². The van der Waals surface area contributed by atoms with Crippen LogP contribution in [-0.2, 0) is 14.3 Å². The third-order valence-electron chi connectivity index (χ3n) is 6.27. The minimum absolute atomic E-state index is 0.185. The monoisotopic (exact) mass is 511 g/mol. The highest BCUT2D eigenvalue weighted by atomic mass is 32.2. The average Bonchev–Trinajstić information content (AvgIpc) is 3.16. The maximum absolute atomic E-state index is 13.7. The molecular formula is C25H25N3O7S. The fourth-order valence-corrected chi connectivity index (χ4v) is 5.75. The van der Waals surface area contributed by atoms with Crippen LogP contribution in [-0.4, -0.2) is 56.8 Å². The van der Waals surface area contributed by atoms with Gasteiger partial charge in [0.2, 0.25) is 5.91 Å². The number of carbonyl (C=O) groups is 1. The summed E-state index contributed by atoms with van der Waals surface area (Å²) in [6.45, 7) is 1.91. The second kappa shape index (κ2) is 10.0. The highest BCUT2D eigenvalue weighted by Crippen LogP contribution is 2.45. The fourth-order valence-electron chi connectivity index (χ4n) is 4.61. The number of amides is 1. The second-order valence-corrected chi connectivity index (χ2v) is 9.57. The normalized spacial score (nSPS) is 24.1. The van der Waals surface area contributed by atoms with Gasteiger partial charge in [-0.05, 0) is 30.2 Å². The van der Waals surface area contributed by atoms with Gasteiger partial charge in [0.15, 0.2) is 12.5 Å². The highest BCUT2D eigenvalue weighted by Gasteiger charge is 2.49. The lowest BCUT2D eigenvalue weighted by atomic mass is 9.89. The van der Waals surface area contributed by atoms with Crippen molar-refractivity contribution < 1.29 is 24.5 Å². The number of aliphatic hydroxyl groups excluding tert-OH is 2. The first-order valence-electron chi connectivity index (χ1n) is 11.5. The third kappa shape index (κ3) is 4.40. The van der Waals surface area contributed by atoms with Crippen molar-refractivity contribution in [2.24, 2.45) is 0 Å². The SMILES string of the molecule is CCOC(NC(=O)C1c2ccccc2Sc2ccccc21)[C@H]1O[C@@H](n2ccc(=O)[nH]c2=O)[C@H](O)[C@@H]1O. The summed E-state index contributed by atoms with van der Waals surface area (Å²) in [4.78, 5) is 41.4. The van der Waals surface area contributed by atoms with Crippen LogP contribution in [0.2, 0.25) is 0 Å². The van der Waals surface area contributed by atoms with Crippen molar-refractivity contribution in [3.05, 3.63) is 92.8 Å². The summed E-state index contributed by atoms with van der Waals surface area (Å²) in [6.07, 6.45) is -5.41.